The van der Waals surface area contributed by atoms with Crippen LogP contribution in [0, 0.1) is 0 Å². The third kappa shape index (κ3) is 1.54. The van der Waals surface area contributed by atoms with Crippen molar-refractivity contribution in [2.75, 3.05) is 0 Å². The molecule has 0 unspecified atom stereocenters. The largest absolute Gasteiger partial charge is 0.440 e. The Morgan fingerprint density at radius 3 is 2.50 bits per heavy atom. The fourth-order valence-corrected chi connectivity index (χ4v) is 2.74. The van der Waals surface area contributed by atoms with Gasteiger partial charge in [0.2, 0.25) is 0 Å². The molecule has 0 amide bonds. The summed E-state index contributed by atoms with van der Waals surface area (Å²) in [6, 6.07) is 16.9. The molecular formula is C18H15NO. The van der Waals surface area contributed by atoms with E-state index >= 15 is 0 Å². The summed E-state index contributed by atoms with van der Waals surface area (Å²) in [6.07, 6.45) is 0. The van der Waals surface area contributed by atoms with Crippen LogP contribution in [0.1, 0.15) is 25.7 Å². The summed E-state index contributed by atoms with van der Waals surface area (Å²) in [5, 5.41) is 4.82. The maximum atomic E-state index is 6.04. The van der Waals surface area contributed by atoms with Crippen LogP contribution in [-0.4, -0.2) is 4.98 Å². The molecule has 0 N–H and O–H groups in total. The molecule has 0 spiro atoms. The molecule has 0 saturated heterocycles. The zero-order chi connectivity index (χ0) is 13.7. The monoisotopic (exact) mass is 261 g/mol. The number of benzene rings is 3. The number of oxazole rings is 1. The van der Waals surface area contributed by atoms with Gasteiger partial charge in [0.05, 0.1) is 0 Å². The molecule has 0 bridgehead atoms. The van der Waals surface area contributed by atoms with Crippen LogP contribution < -0.4 is 0 Å². The minimum absolute atomic E-state index is 0.299. The van der Waals surface area contributed by atoms with Crippen LogP contribution in [0.25, 0.3) is 32.6 Å². The lowest BCUT2D eigenvalue weighted by atomic mass is 10.0. The summed E-state index contributed by atoms with van der Waals surface area (Å²) >= 11 is 0. The second-order valence-corrected chi connectivity index (χ2v) is 5.51. The zero-order valence-corrected chi connectivity index (χ0v) is 11.6. The van der Waals surface area contributed by atoms with Gasteiger partial charge >= 0.3 is 0 Å². The van der Waals surface area contributed by atoms with E-state index in [-0.39, 0.29) is 0 Å². The predicted octanol–water partition coefficient (Wildman–Crippen LogP) is 5.26. The highest BCUT2D eigenvalue weighted by molar-refractivity contribution is 6.17. The van der Waals surface area contributed by atoms with Crippen molar-refractivity contribution in [3.8, 4) is 0 Å². The Morgan fingerprint density at radius 1 is 0.900 bits per heavy atom. The number of aromatic nitrogens is 1. The van der Waals surface area contributed by atoms with Gasteiger partial charge < -0.3 is 4.42 Å². The van der Waals surface area contributed by atoms with Crippen molar-refractivity contribution in [3.05, 3.63) is 54.4 Å². The van der Waals surface area contributed by atoms with Crippen molar-refractivity contribution in [1.82, 2.24) is 4.98 Å². The third-order valence-corrected chi connectivity index (χ3v) is 3.77. The van der Waals surface area contributed by atoms with Gasteiger partial charge in [-0.25, -0.2) is 4.98 Å². The molecule has 1 heterocycles. The van der Waals surface area contributed by atoms with Crippen LogP contribution in [0.3, 0.4) is 0 Å². The van der Waals surface area contributed by atoms with Crippen LogP contribution in [0.5, 0.6) is 0 Å². The van der Waals surface area contributed by atoms with Crippen molar-refractivity contribution in [2.45, 2.75) is 19.8 Å². The van der Waals surface area contributed by atoms with Crippen LogP contribution in [0.4, 0.5) is 0 Å². The van der Waals surface area contributed by atoms with E-state index in [9.17, 15) is 0 Å². The zero-order valence-electron chi connectivity index (χ0n) is 11.6. The van der Waals surface area contributed by atoms with Gasteiger partial charge in [-0.05, 0) is 22.2 Å². The minimum atomic E-state index is 0.299. The second kappa shape index (κ2) is 4.07. The Bertz CT molecular complexity index is 934. The maximum Gasteiger partial charge on any atom is 0.198 e. The lowest BCUT2D eigenvalue weighted by Crippen LogP contribution is -1.84. The average molecular weight is 261 g/mol. The molecule has 20 heavy (non-hydrogen) atoms. The first-order valence-electron chi connectivity index (χ1n) is 6.95. The summed E-state index contributed by atoms with van der Waals surface area (Å²) in [5.74, 6) is 1.10. The van der Waals surface area contributed by atoms with Gasteiger partial charge in [0.15, 0.2) is 11.5 Å². The van der Waals surface area contributed by atoms with E-state index < -0.39 is 0 Å². The van der Waals surface area contributed by atoms with Crippen LogP contribution >= 0.6 is 0 Å². The van der Waals surface area contributed by atoms with Gasteiger partial charge in [-0.3, -0.25) is 0 Å². The molecule has 0 aliphatic heterocycles. The van der Waals surface area contributed by atoms with E-state index in [2.05, 4.69) is 61.3 Å². The summed E-state index contributed by atoms with van der Waals surface area (Å²) in [4.78, 5) is 4.60. The fourth-order valence-electron chi connectivity index (χ4n) is 2.74. The number of hydrogen-bond acceptors (Lipinski definition) is 2. The Hall–Kier alpha value is -2.35. The molecule has 2 heteroatoms. The number of rotatable bonds is 1. The molecule has 98 valence electrons. The van der Waals surface area contributed by atoms with Gasteiger partial charge in [0.1, 0.15) is 5.52 Å². The smallest absolute Gasteiger partial charge is 0.198 e. The van der Waals surface area contributed by atoms with E-state index in [1.54, 1.807) is 0 Å². The van der Waals surface area contributed by atoms with Gasteiger partial charge in [-0.15, -0.1) is 0 Å². The molecule has 2 nitrogen and oxygen atoms in total. The Kier molecular flexibility index (Phi) is 2.34. The second-order valence-electron chi connectivity index (χ2n) is 5.51. The average Bonchev–Trinajstić information content (AvgIpc) is 2.91. The normalized spacial score (nSPS) is 11.9. The molecule has 0 radical (unpaired) electrons. The highest BCUT2D eigenvalue weighted by atomic mass is 16.3. The number of hydrogen-bond donors (Lipinski definition) is 0. The van der Waals surface area contributed by atoms with E-state index in [4.69, 9.17) is 4.42 Å². The van der Waals surface area contributed by atoms with Crippen LogP contribution in [0.15, 0.2) is 52.9 Å². The topological polar surface area (TPSA) is 26.0 Å². The van der Waals surface area contributed by atoms with Gasteiger partial charge in [-0.2, -0.15) is 0 Å². The molecule has 1 aromatic heterocycles. The van der Waals surface area contributed by atoms with E-state index in [0.29, 0.717) is 5.92 Å². The summed E-state index contributed by atoms with van der Waals surface area (Å²) < 4.78 is 6.04. The molecule has 0 aliphatic carbocycles. The van der Waals surface area contributed by atoms with Gasteiger partial charge in [0, 0.05) is 11.3 Å². The lowest BCUT2D eigenvalue weighted by molar-refractivity contribution is 0.503. The SMILES string of the molecule is CC(C)c1nc2ccc3ccc4ccccc4c3c2o1. The first kappa shape index (κ1) is 11.5. The standard InChI is InChI=1S/C18H15NO/c1-11(2)18-19-15-10-9-13-8-7-12-5-3-4-6-14(12)16(13)17(15)20-18/h3-11H,1-2H3. The third-order valence-electron chi connectivity index (χ3n) is 3.77. The molecule has 0 fully saturated rings. The lowest BCUT2D eigenvalue weighted by Gasteiger charge is -2.03. The highest BCUT2D eigenvalue weighted by Crippen LogP contribution is 2.33. The van der Waals surface area contributed by atoms with Crippen molar-refractivity contribution in [1.29, 1.82) is 0 Å². The highest BCUT2D eigenvalue weighted by Gasteiger charge is 2.13. The van der Waals surface area contributed by atoms with Crippen molar-refractivity contribution in [2.24, 2.45) is 0 Å². The van der Waals surface area contributed by atoms with Crippen molar-refractivity contribution in [3.63, 3.8) is 0 Å². The van der Waals surface area contributed by atoms with Gasteiger partial charge in [-0.1, -0.05) is 56.3 Å². The molecule has 4 aromatic rings. The van der Waals surface area contributed by atoms with Gasteiger partial charge in [0.25, 0.3) is 0 Å². The molecule has 0 atom stereocenters. The first-order valence-corrected chi connectivity index (χ1v) is 6.95. The first-order chi connectivity index (χ1) is 9.74. The Balaban J connectivity index is 2.24. The molecule has 0 saturated carbocycles. The van der Waals surface area contributed by atoms with E-state index in [1.165, 1.54) is 21.5 Å². The van der Waals surface area contributed by atoms with Crippen LogP contribution in [0.2, 0.25) is 0 Å². The summed E-state index contributed by atoms with van der Waals surface area (Å²) in [7, 11) is 0. The summed E-state index contributed by atoms with van der Waals surface area (Å²) in [5.41, 5.74) is 1.85. The Labute approximate surface area is 117 Å². The predicted molar refractivity (Wildman–Crippen MR) is 83.1 cm³/mol. The van der Waals surface area contributed by atoms with E-state index in [1.807, 2.05) is 6.07 Å². The number of fused-ring (bicyclic) bond motifs is 5. The molecule has 4 rings (SSSR count). The molecular weight excluding hydrogens is 246 g/mol. The van der Waals surface area contributed by atoms with Crippen LogP contribution in [-0.2, 0) is 0 Å². The summed E-state index contributed by atoms with van der Waals surface area (Å²) in [6.45, 7) is 4.20. The number of nitrogens with zero attached hydrogens (tertiary/aromatic N) is 1. The minimum Gasteiger partial charge on any atom is -0.440 e. The quantitative estimate of drug-likeness (QED) is 0.437. The Morgan fingerprint density at radius 2 is 1.65 bits per heavy atom. The molecule has 3 aromatic carbocycles. The van der Waals surface area contributed by atoms with Crippen molar-refractivity contribution >= 4 is 32.6 Å². The maximum absolute atomic E-state index is 6.04. The fraction of sp³-hybridized carbons (Fsp3) is 0.167. The van der Waals surface area contributed by atoms with Crippen molar-refractivity contribution < 1.29 is 4.42 Å². The molecule has 0 aliphatic rings. The van der Waals surface area contributed by atoms with E-state index in [0.717, 1.165) is 17.0 Å².